The van der Waals surface area contributed by atoms with Crippen LogP contribution in [0.25, 0.3) is 0 Å². The molecule has 0 amide bonds. The fourth-order valence-electron chi connectivity index (χ4n) is 0.791. The van der Waals surface area contributed by atoms with Crippen molar-refractivity contribution in [1.29, 1.82) is 0 Å². The van der Waals surface area contributed by atoms with Gasteiger partial charge in [-0.2, -0.15) is 0 Å². The van der Waals surface area contributed by atoms with Crippen LogP contribution in [0.2, 0.25) is 0 Å². The van der Waals surface area contributed by atoms with E-state index in [1.54, 1.807) is 7.11 Å². The molecular weight excluding hydrogens is 216 g/mol. The first kappa shape index (κ1) is 15.3. The van der Waals surface area contributed by atoms with Gasteiger partial charge in [0, 0.05) is 7.11 Å². The number of methoxy groups -OCH3 is 1. The van der Waals surface area contributed by atoms with Gasteiger partial charge in [0.2, 0.25) is 0 Å². The van der Waals surface area contributed by atoms with Crippen molar-refractivity contribution in [2.24, 2.45) is 5.41 Å². The van der Waals surface area contributed by atoms with Crippen molar-refractivity contribution in [3.8, 4) is 0 Å². The Hall–Kier alpha value is -0.690. The number of rotatable bonds is 9. The van der Waals surface area contributed by atoms with E-state index in [0.29, 0.717) is 13.2 Å². The van der Waals surface area contributed by atoms with Crippen molar-refractivity contribution in [2.75, 3.05) is 46.8 Å². The van der Waals surface area contributed by atoms with Gasteiger partial charge in [-0.15, -0.1) is 0 Å². The van der Waals surface area contributed by atoms with Crippen molar-refractivity contribution in [3.63, 3.8) is 0 Å². The first-order chi connectivity index (χ1) is 7.60. The minimum absolute atomic E-state index is 0.0954. The maximum Gasteiger partial charge on any atom is 0.316 e. The molecule has 0 aliphatic heterocycles. The molecule has 0 unspecified atom stereocenters. The molecule has 0 aromatic heterocycles. The Morgan fingerprint density at radius 3 is 2.19 bits per heavy atom. The summed E-state index contributed by atoms with van der Waals surface area (Å²) >= 11 is 0. The fourth-order valence-corrected chi connectivity index (χ4v) is 0.791. The Bertz CT molecular complexity index is 190. The summed E-state index contributed by atoms with van der Waals surface area (Å²) in [5.41, 5.74) is -1.24. The van der Waals surface area contributed by atoms with E-state index in [0.717, 1.165) is 0 Å². The van der Waals surface area contributed by atoms with Crippen LogP contribution < -0.4 is 0 Å². The second-order valence-electron chi connectivity index (χ2n) is 3.62. The molecule has 0 aliphatic carbocycles. The zero-order chi connectivity index (χ0) is 12.4. The van der Waals surface area contributed by atoms with Gasteiger partial charge in [-0.05, 0) is 6.92 Å². The average Bonchev–Trinajstić information content (AvgIpc) is 2.32. The van der Waals surface area contributed by atoms with Gasteiger partial charge >= 0.3 is 5.97 Å². The molecule has 0 rings (SSSR count). The lowest BCUT2D eigenvalue weighted by Gasteiger charge is -2.22. The number of hydrogen-bond donors (Lipinski definition) is 2. The molecule has 16 heavy (non-hydrogen) atoms. The summed E-state index contributed by atoms with van der Waals surface area (Å²) in [5, 5.41) is 17.8. The summed E-state index contributed by atoms with van der Waals surface area (Å²) in [6.07, 6.45) is 0. The van der Waals surface area contributed by atoms with Gasteiger partial charge in [0.05, 0.1) is 33.0 Å². The molecular formula is C10H20O6. The third-order valence-corrected chi connectivity index (χ3v) is 2.08. The van der Waals surface area contributed by atoms with Crippen LogP contribution >= 0.6 is 0 Å². The fraction of sp³-hybridized carbons (Fsp3) is 0.900. The van der Waals surface area contributed by atoms with E-state index in [2.05, 4.69) is 0 Å². The Morgan fingerprint density at radius 2 is 1.69 bits per heavy atom. The lowest BCUT2D eigenvalue weighted by Crippen LogP contribution is -2.37. The van der Waals surface area contributed by atoms with E-state index in [1.165, 1.54) is 6.92 Å². The quantitative estimate of drug-likeness (QED) is 0.402. The Labute approximate surface area is 95.1 Å². The normalized spacial score (nSPS) is 11.5. The van der Waals surface area contributed by atoms with Crippen LogP contribution in [0.15, 0.2) is 0 Å². The highest BCUT2D eigenvalue weighted by Gasteiger charge is 2.33. The third-order valence-electron chi connectivity index (χ3n) is 2.08. The Morgan fingerprint density at radius 1 is 1.12 bits per heavy atom. The highest BCUT2D eigenvalue weighted by atomic mass is 16.6. The van der Waals surface area contributed by atoms with Gasteiger partial charge < -0.3 is 24.4 Å². The molecule has 0 aliphatic rings. The molecule has 0 bridgehead atoms. The van der Waals surface area contributed by atoms with Crippen LogP contribution in [0.3, 0.4) is 0 Å². The molecule has 2 N–H and O–H groups in total. The van der Waals surface area contributed by atoms with E-state index >= 15 is 0 Å². The molecule has 6 nitrogen and oxygen atoms in total. The summed E-state index contributed by atoms with van der Waals surface area (Å²) in [4.78, 5) is 11.4. The first-order valence-electron chi connectivity index (χ1n) is 5.06. The number of carbonyl (C=O) groups excluding carboxylic acids is 1. The van der Waals surface area contributed by atoms with E-state index in [9.17, 15) is 4.79 Å². The second kappa shape index (κ2) is 8.46. The third kappa shape index (κ3) is 5.41. The van der Waals surface area contributed by atoms with Crippen LogP contribution in [0.1, 0.15) is 6.92 Å². The minimum atomic E-state index is -1.24. The molecule has 0 saturated heterocycles. The average molecular weight is 236 g/mol. The summed E-state index contributed by atoms with van der Waals surface area (Å²) in [7, 11) is 1.57. The van der Waals surface area contributed by atoms with E-state index in [-0.39, 0.29) is 13.2 Å². The molecule has 0 fully saturated rings. The van der Waals surface area contributed by atoms with Gasteiger partial charge in [0.1, 0.15) is 12.0 Å². The largest absolute Gasteiger partial charge is 0.463 e. The topological polar surface area (TPSA) is 85.2 Å². The molecule has 6 heteroatoms. The monoisotopic (exact) mass is 236 g/mol. The number of aliphatic hydroxyl groups excluding tert-OH is 2. The molecule has 0 aromatic carbocycles. The van der Waals surface area contributed by atoms with Crippen molar-refractivity contribution in [2.45, 2.75) is 6.92 Å². The highest BCUT2D eigenvalue weighted by molar-refractivity contribution is 5.76. The summed E-state index contributed by atoms with van der Waals surface area (Å²) < 4.78 is 14.7. The van der Waals surface area contributed by atoms with Crippen LogP contribution in [0, 0.1) is 5.41 Å². The van der Waals surface area contributed by atoms with Crippen molar-refractivity contribution in [1.82, 2.24) is 0 Å². The van der Waals surface area contributed by atoms with Crippen LogP contribution in [0.4, 0.5) is 0 Å². The maximum atomic E-state index is 11.4. The van der Waals surface area contributed by atoms with Crippen molar-refractivity contribution >= 4 is 5.97 Å². The molecule has 0 saturated carbocycles. The predicted molar refractivity (Wildman–Crippen MR) is 55.9 cm³/mol. The first-order valence-corrected chi connectivity index (χ1v) is 5.06. The zero-order valence-electron chi connectivity index (χ0n) is 9.77. The molecule has 96 valence electrons. The molecule has 0 heterocycles. The second-order valence-corrected chi connectivity index (χ2v) is 3.62. The summed E-state index contributed by atoms with van der Waals surface area (Å²) in [6, 6.07) is 0. The van der Waals surface area contributed by atoms with Gasteiger partial charge in [-0.3, -0.25) is 4.79 Å². The van der Waals surface area contributed by atoms with E-state index in [4.69, 9.17) is 24.4 Å². The van der Waals surface area contributed by atoms with Gasteiger partial charge in [-0.1, -0.05) is 0 Å². The van der Waals surface area contributed by atoms with Crippen molar-refractivity contribution in [3.05, 3.63) is 0 Å². The standard InChI is InChI=1S/C10H20O6/c1-10(7-11,8-12)9(13)16-6-5-15-4-3-14-2/h11-12H,3-8H2,1-2H3. The highest BCUT2D eigenvalue weighted by Crippen LogP contribution is 2.16. The minimum Gasteiger partial charge on any atom is -0.463 e. The van der Waals surface area contributed by atoms with Crippen molar-refractivity contribution < 1.29 is 29.2 Å². The molecule has 0 spiro atoms. The van der Waals surface area contributed by atoms with Crippen LogP contribution in [0.5, 0.6) is 0 Å². The van der Waals surface area contributed by atoms with E-state index in [1.807, 2.05) is 0 Å². The van der Waals surface area contributed by atoms with Gasteiger partial charge in [0.15, 0.2) is 0 Å². The number of hydrogen-bond acceptors (Lipinski definition) is 6. The predicted octanol–water partition coefficient (Wildman–Crippen LogP) is -0.816. The van der Waals surface area contributed by atoms with E-state index < -0.39 is 24.6 Å². The maximum absolute atomic E-state index is 11.4. The molecule has 0 aromatic rings. The van der Waals surface area contributed by atoms with Gasteiger partial charge in [-0.25, -0.2) is 0 Å². The van der Waals surface area contributed by atoms with Crippen LogP contribution in [-0.2, 0) is 19.0 Å². The smallest absolute Gasteiger partial charge is 0.316 e. The lowest BCUT2D eigenvalue weighted by molar-refractivity contribution is -0.161. The molecule has 0 atom stereocenters. The number of carbonyl (C=O) groups is 1. The SMILES string of the molecule is COCCOCCOC(=O)C(C)(CO)CO. The lowest BCUT2D eigenvalue weighted by atomic mass is 9.93. The number of esters is 1. The number of ether oxygens (including phenoxy) is 3. The summed E-state index contributed by atoms with van der Waals surface area (Å²) in [5.74, 6) is -0.632. The Kier molecular flexibility index (Phi) is 8.10. The van der Waals surface area contributed by atoms with Gasteiger partial charge in [0.25, 0.3) is 0 Å². The zero-order valence-corrected chi connectivity index (χ0v) is 9.77. The summed E-state index contributed by atoms with van der Waals surface area (Å²) in [6.45, 7) is 1.81. The molecule has 0 radical (unpaired) electrons. The Balaban J connectivity index is 3.64. The number of aliphatic hydroxyl groups is 2. The van der Waals surface area contributed by atoms with Crippen LogP contribution in [-0.4, -0.2) is 62.9 Å².